The summed E-state index contributed by atoms with van der Waals surface area (Å²) in [5.41, 5.74) is 1.61. The van der Waals surface area contributed by atoms with Crippen LogP contribution in [0.5, 0.6) is 0 Å². The summed E-state index contributed by atoms with van der Waals surface area (Å²) in [6.07, 6.45) is 0. The van der Waals surface area contributed by atoms with E-state index >= 15 is 0 Å². The van der Waals surface area contributed by atoms with E-state index in [0.717, 1.165) is 5.56 Å². The van der Waals surface area contributed by atoms with Crippen molar-refractivity contribution in [2.24, 2.45) is 0 Å². The molecule has 0 saturated carbocycles. The van der Waals surface area contributed by atoms with Crippen LogP contribution >= 0.6 is 31.9 Å². The van der Waals surface area contributed by atoms with E-state index in [0.29, 0.717) is 15.4 Å². The van der Waals surface area contributed by atoms with Crippen LogP contribution in [0.3, 0.4) is 0 Å². The van der Waals surface area contributed by atoms with Gasteiger partial charge in [0.25, 0.3) is 0 Å². The maximum absolute atomic E-state index is 13.1. The van der Waals surface area contributed by atoms with E-state index < -0.39 is 0 Å². The zero-order valence-corrected chi connectivity index (χ0v) is 9.17. The Kier molecular flexibility index (Phi) is 3.07. The van der Waals surface area contributed by atoms with Gasteiger partial charge in [-0.1, -0.05) is 28.1 Å². The predicted molar refractivity (Wildman–Crippen MR) is 51.5 cm³/mol. The molecule has 0 aliphatic heterocycles. The van der Waals surface area contributed by atoms with Crippen molar-refractivity contribution in [2.45, 2.75) is 12.3 Å². The second-order valence-corrected chi connectivity index (χ2v) is 3.66. The molecular formula is C8H7Br2F. The number of benzene rings is 1. The first-order valence-electron chi connectivity index (χ1n) is 3.16. The molecule has 0 amide bonds. The monoisotopic (exact) mass is 280 g/mol. The lowest BCUT2D eigenvalue weighted by Gasteiger charge is -2.03. The SMILES string of the molecule is Cc1ccc(CBr)c(Br)c1F. The molecule has 11 heavy (non-hydrogen) atoms. The minimum atomic E-state index is -0.165. The molecule has 0 aliphatic carbocycles. The lowest BCUT2D eigenvalue weighted by molar-refractivity contribution is 0.610. The zero-order chi connectivity index (χ0) is 8.43. The Morgan fingerprint density at radius 3 is 2.64 bits per heavy atom. The maximum Gasteiger partial charge on any atom is 0.140 e. The fraction of sp³-hybridized carbons (Fsp3) is 0.250. The lowest BCUT2D eigenvalue weighted by Crippen LogP contribution is -1.88. The highest BCUT2D eigenvalue weighted by Crippen LogP contribution is 2.24. The molecule has 0 N–H and O–H groups in total. The molecule has 0 radical (unpaired) electrons. The summed E-state index contributed by atoms with van der Waals surface area (Å²) in [5, 5.41) is 0.671. The largest absolute Gasteiger partial charge is 0.205 e. The van der Waals surface area contributed by atoms with E-state index in [4.69, 9.17) is 0 Å². The van der Waals surface area contributed by atoms with Gasteiger partial charge in [-0.15, -0.1) is 0 Å². The summed E-state index contributed by atoms with van der Waals surface area (Å²) < 4.78 is 13.7. The molecule has 0 fully saturated rings. The molecule has 3 heteroatoms. The average molecular weight is 282 g/mol. The van der Waals surface area contributed by atoms with Crippen LogP contribution in [-0.2, 0) is 5.33 Å². The Hall–Kier alpha value is 0.110. The number of aryl methyl sites for hydroxylation is 1. The van der Waals surface area contributed by atoms with E-state index in [1.807, 2.05) is 6.07 Å². The Morgan fingerprint density at radius 1 is 1.45 bits per heavy atom. The molecule has 0 bridgehead atoms. The van der Waals surface area contributed by atoms with Gasteiger partial charge >= 0.3 is 0 Å². The van der Waals surface area contributed by atoms with Crippen LogP contribution in [0.25, 0.3) is 0 Å². The number of halogens is 3. The van der Waals surface area contributed by atoms with Crippen molar-refractivity contribution >= 4 is 31.9 Å². The Morgan fingerprint density at radius 2 is 2.09 bits per heavy atom. The fourth-order valence-electron chi connectivity index (χ4n) is 0.789. The molecule has 60 valence electrons. The van der Waals surface area contributed by atoms with Crippen molar-refractivity contribution in [3.8, 4) is 0 Å². The van der Waals surface area contributed by atoms with Crippen LogP contribution < -0.4 is 0 Å². The smallest absolute Gasteiger partial charge is 0.140 e. The van der Waals surface area contributed by atoms with E-state index in [-0.39, 0.29) is 5.82 Å². The Labute approximate surface area is 82.1 Å². The average Bonchev–Trinajstić information content (AvgIpc) is 2.01. The third kappa shape index (κ3) is 1.82. The summed E-state index contributed by atoms with van der Waals surface area (Å²) in [5.74, 6) is -0.165. The highest BCUT2D eigenvalue weighted by Gasteiger charge is 2.06. The molecule has 0 nitrogen and oxygen atoms in total. The van der Waals surface area contributed by atoms with Gasteiger partial charge in [0.2, 0.25) is 0 Å². The van der Waals surface area contributed by atoms with Crippen LogP contribution in [0, 0.1) is 12.7 Å². The minimum Gasteiger partial charge on any atom is -0.205 e. The Balaban J connectivity index is 3.25. The van der Waals surface area contributed by atoms with Gasteiger partial charge < -0.3 is 0 Å². The summed E-state index contributed by atoms with van der Waals surface area (Å²) in [6.45, 7) is 1.75. The third-order valence-electron chi connectivity index (χ3n) is 1.50. The summed E-state index contributed by atoms with van der Waals surface area (Å²) in [6, 6.07) is 3.67. The highest BCUT2D eigenvalue weighted by atomic mass is 79.9. The van der Waals surface area contributed by atoms with Crippen molar-refractivity contribution in [2.75, 3.05) is 0 Å². The Bertz CT molecular complexity index is 271. The number of rotatable bonds is 1. The highest BCUT2D eigenvalue weighted by molar-refractivity contribution is 9.10. The molecule has 0 aromatic heterocycles. The molecule has 0 unspecified atom stereocenters. The van der Waals surface area contributed by atoms with Gasteiger partial charge in [-0.25, -0.2) is 4.39 Å². The molecular weight excluding hydrogens is 275 g/mol. The second-order valence-electron chi connectivity index (χ2n) is 2.30. The molecule has 0 saturated heterocycles. The lowest BCUT2D eigenvalue weighted by atomic mass is 10.2. The molecule has 0 spiro atoms. The van der Waals surface area contributed by atoms with Gasteiger partial charge in [0, 0.05) is 5.33 Å². The predicted octanol–water partition coefficient (Wildman–Crippen LogP) is 3.79. The van der Waals surface area contributed by atoms with Crippen molar-refractivity contribution < 1.29 is 4.39 Å². The number of alkyl halides is 1. The normalized spacial score (nSPS) is 10.2. The van der Waals surface area contributed by atoms with E-state index in [2.05, 4.69) is 31.9 Å². The second kappa shape index (κ2) is 3.68. The zero-order valence-electron chi connectivity index (χ0n) is 6.00. The van der Waals surface area contributed by atoms with Gasteiger partial charge in [0.15, 0.2) is 0 Å². The van der Waals surface area contributed by atoms with Gasteiger partial charge in [-0.3, -0.25) is 0 Å². The quantitative estimate of drug-likeness (QED) is 0.687. The molecule has 0 heterocycles. The topological polar surface area (TPSA) is 0 Å². The molecule has 1 rings (SSSR count). The van der Waals surface area contributed by atoms with Gasteiger partial charge in [0.1, 0.15) is 5.82 Å². The summed E-state index contributed by atoms with van der Waals surface area (Å²) in [4.78, 5) is 0. The summed E-state index contributed by atoms with van der Waals surface area (Å²) >= 11 is 6.46. The third-order valence-corrected chi connectivity index (χ3v) is 2.96. The molecule has 1 aromatic rings. The standard InChI is InChI=1S/C8H7Br2F/c1-5-2-3-6(4-9)7(10)8(5)11/h2-3H,4H2,1H3. The van der Waals surface area contributed by atoms with Crippen LogP contribution in [-0.4, -0.2) is 0 Å². The molecule has 1 aromatic carbocycles. The van der Waals surface area contributed by atoms with Gasteiger partial charge in [-0.2, -0.15) is 0 Å². The van der Waals surface area contributed by atoms with E-state index in [1.54, 1.807) is 13.0 Å². The first-order chi connectivity index (χ1) is 5.16. The van der Waals surface area contributed by atoms with E-state index in [1.165, 1.54) is 0 Å². The van der Waals surface area contributed by atoms with Crippen molar-refractivity contribution in [3.05, 3.63) is 33.5 Å². The van der Waals surface area contributed by atoms with Crippen LogP contribution in [0.15, 0.2) is 16.6 Å². The van der Waals surface area contributed by atoms with Crippen LogP contribution in [0.2, 0.25) is 0 Å². The summed E-state index contributed by atoms with van der Waals surface area (Å²) in [7, 11) is 0. The van der Waals surface area contributed by atoms with Crippen molar-refractivity contribution in [1.29, 1.82) is 0 Å². The van der Waals surface area contributed by atoms with Crippen molar-refractivity contribution in [3.63, 3.8) is 0 Å². The fourth-order valence-corrected chi connectivity index (χ4v) is 2.22. The first-order valence-corrected chi connectivity index (χ1v) is 5.07. The van der Waals surface area contributed by atoms with Crippen LogP contribution in [0.1, 0.15) is 11.1 Å². The first kappa shape index (κ1) is 9.20. The van der Waals surface area contributed by atoms with Gasteiger partial charge in [-0.05, 0) is 34.0 Å². The minimum absolute atomic E-state index is 0.165. The number of hydrogen-bond acceptors (Lipinski definition) is 0. The maximum atomic E-state index is 13.1. The number of hydrogen-bond donors (Lipinski definition) is 0. The molecule has 0 aliphatic rings. The van der Waals surface area contributed by atoms with Crippen LogP contribution in [0.4, 0.5) is 4.39 Å². The van der Waals surface area contributed by atoms with E-state index in [9.17, 15) is 4.39 Å². The molecule has 0 atom stereocenters. The van der Waals surface area contributed by atoms with Crippen molar-refractivity contribution in [1.82, 2.24) is 0 Å². The van der Waals surface area contributed by atoms with Gasteiger partial charge in [0.05, 0.1) is 4.47 Å².